The van der Waals surface area contributed by atoms with Crippen LogP contribution in [0.3, 0.4) is 0 Å². The molecule has 1 fully saturated rings. The first-order valence-electron chi connectivity index (χ1n) is 6.35. The molecule has 0 aromatic carbocycles. The van der Waals surface area contributed by atoms with Crippen molar-refractivity contribution in [1.82, 2.24) is 15.5 Å². The maximum atomic E-state index is 11.9. The van der Waals surface area contributed by atoms with Crippen molar-refractivity contribution in [3.63, 3.8) is 0 Å². The second-order valence-corrected chi connectivity index (χ2v) is 4.90. The zero-order chi connectivity index (χ0) is 13.8. The lowest BCUT2D eigenvalue weighted by Crippen LogP contribution is -2.44. The normalized spacial score (nSPS) is 20.4. The highest BCUT2D eigenvalue weighted by atomic mass is 16.3. The van der Waals surface area contributed by atoms with E-state index in [1.807, 2.05) is 31.1 Å². The Morgan fingerprint density at radius 1 is 1.63 bits per heavy atom. The molecule has 0 bridgehead atoms. The van der Waals surface area contributed by atoms with E-state index >= 15 is 0 Å². The second-order valence-electron chi connectivity index (χ2n) is 4.90. The zero-order valence-electron chi connectivity index (χ0n) is 11.2. The van der Waals surface area contributed by atoms with Crippen LogP contribution in [-0.4, -0.2) is 43.4 Å². The monoisotopic (exact) mass is 265 g/mol. The summed E-state index contributed by atoms with van der Waals surface area (Å²) in [6.07, 6.45) is 2.61. The average Bonchev–Trinajstić information content (AvgIpc) is 3.00. The van der Waals surface area contributed by atoms with Crippen molar-refractivity contribution in [2.75, 3.05) is 20.6 Å². The van der Waals surface area contributed by atoms with Crippen LogP contribution in [0, 0.1) is 0 Å². The van der Waals surface area contributed by atoms with Gasteiger partial charge in [0.2, 0.25) is 11.8 Å². The molecular weight excluding hydrogens is 246 g/mol. The Balaban J connectivity index is 1.89. The molecule has 104 valence electrons. The number of nitrogens with zero attached hydrogens (tertiary/aromatic N) is 1. The molecule has 0 saturated carbocycles. The largest absolute Gasteiger partial charge is 0.468 e. The maximum Gasteiger partial charge on any atom is 0.242 e. The number of likely N-dealkylation sites (N-methyl/N-ethyl adjacent to an activating group) is 1. The molecule has 1 aliphatic heterocycles. The van der Waals surface area contributed by atoms with Crippen LogP contribution in [0.5, 0.6) is 0 Å². The Kier molecular flexibility index (Phi) is 4.21. The molecule has 1 aromatic heterocycles. The van der Waals surface area contributed by atoms with Crippen molar-refractivity contribution >= 4 is 11.8 Å². The first-order chi connectivity index (χ1) is 9.08. The summed E-state index contributed by atoms with van der Waals surface area (Å²) >= 11 is 0. The van der Waals surface area contributed by atoms with Crippen LogP contribution in [0.2, 0.25) is 0 Å². The molecule has 0 spiro atoms. The predicted molar refractivity (Wildman–Crippen MR) is 69.3 cm³/mol. The van der Waals surface area contributed by atoms with E-state index in [-0.39, 0.29) is 17.9 Å². The van der Waals surface area contributed by atoms with Crippen LogP contribution in [0.1, 0.15) is 24.6 Å². The van der Waals surface area contributed by atoms with E-state index < -0.39 is 6.04 Å². The lowest BCUT2D eigenvalue weighted by atomic mass is 10.2. The van der Waals surface area contributed by atoms with E-state index in [1.54, 1.807) is 6.26 Å². The minimum atomic E-state index is -0.396. The number of nitrogens with one attached hydrogen (secondary N) is 2. The summed E-state index contributed by atoms with van der Waals surface area (Å²) in [7, 11) is 3.85. The van der Waals surface area contributed by atoms with Gasteiger partial charge in [0, 0.05) is 13.0 Å². The van der Waals surface area contributed by atoms with Gasteiger partial charge in [-0.05, 0) is 32.6 Å². The summed E-state index contributed by atoms with van der Waals surface area (Å²) in [4.78, 5) is 25.0. The third-order valence-electron chi connectivity index (χ3n) is 3.28. The Morgan fingerprint density at radius 2 is 2.42 bits per heavy atom. The summed E-state index contributed by atoms with van der Waals surface area (Å²) in [6, 6.07) is 3.29. The molecular formula is C13H19N3O3. The van der Waals surface area contributed by atoms with E-state index in [9.17, 15) is 9.59 Å². The summed E-state index contributed by atoms with van der Waals surface area (Å²) in [5, 5.41) is 5.51. The van der Waals surface area contributed by atoms with Crippen LogP contribution < -0.4 is 10.6 Å². The number of rotatable bonds is 5. The van der Waals surface area contributed by atoms with Gasteiger partial charge in [0.1, 0.15) is 11.8 Å². The summed E-state index contributed by atoms with van der Waals surface area (Å²) in [5.41, 5.74) is 0. The highest BCUT2D eigenvalue weighted by molar-refractivity contribution is 5.90. The molecule has 2 atom stereocenters. The van der Waals surface area contributed by atoms with Crippen molar-refractivity contribution in [3.05, 3.63) is 24.2 Å². The number of furan rings is 1. The quantitative estimate of drug-likeness (QED) is 0.802. The molecule has 2 heterocycles. The van der Waals surface area contributed by atoms with E-state index in [0.29, 0.717) is 19.4 Å². The first-order valence-corrected chi connectivity index (χ1v) is 6.35. The minimum absolute atomic E-state index is 0.0175. The lowest BCUT2D eigenvalue weighted by Gasteiger charge is -2.23. The molecule has 0 aliphatic carbocycles. The van der Waals surface area contributed by atoms with Gasteiger partial charge in [0.15, 0.2) is 0 Å². The summed E-state index contributed by atoms with van der Waals surface area (Å²) in [6.45, 7) is 0.450. The van der Waals surface area contributed by atoms with Gasteiger partial charge in [-0.25, -0.2) is 0 Å². The van der Waals surface area contributed by atoms with Crippen molar-refractivity contribution in [2.24, 2.45) is 0 Å². The Labute approximate surface area is 112 Å². The summed E-state index contributed by atoms with van der Waals surface area (Å²) in [5.74, 6) is 0.611. The zero-order valence-corrected chi connectivity index (χ0v) is 11.2. The van der Waals surface area contributed by atoms with Crippen molar-refractivity contribution in [3.8, 4) is 0 Å². The fourth-order valence-electron chi connectivity index (χ4n) is 2.15. The number of hydrogen-bond acceptors (Lipinski definition) is 4. The van der Waals surface area contributed by atoms with E-state index in [1.165, 1.54) is 0 Å². The van der Waals surface area contributed by atoms with Gasteiger partial charge in [0.25, 0.3) is 0 Å². The number of hydrogen-bond donors (Lipinski definition) is 2. The molecule has 0 radical (unpaired) electrons. The fourth-order valence-corrected chi connectivity index (χ4v) is 2.15. The smallest absolute Gasteiger partial charge is 0.242 e. The Bertz CT molecular complexity index is 442. The van der Waals surface area contributed by atoms with E-state index in [2.05, 4.69) is 10.6 Å². The molecule has 1 saturated heterocycles. The Morgan fingerprint density at radius 3 is 2.95 bits per heavy atom. The van der Waals surface area contributed by atoms with Crippen molar-refractivity contribution in [2.45, 2.75) is 24.9 Å². The fraction of sp³-hybridized carbons (Fsp3) is 0.538. The lowest BCUT2D eigenvalue weighted by molar-refractivity contribution is -0.125. The minimum Gasteiger partial charge on any atom is -0.468 e. The van der Waals surface area contributed by atoms with Gasteiger partial charge in [-0.15, -0.1) is 0 Å². The molecule has 0 unspecified atom stereocenters. The average molecular weight is 265 g/mol. The number of carbonyl (C=O) groups excluding carboxylic acids is 2. The van der Waals surface area contributed by atoms with Gasteiger partial charge in [-0.3, -0.25) is 14.5 Å². The molecule has 1 aromatic rings. The molecule has 19 heavy (non-hydrogen) atoms. The highest BCUT2D eigenvalue weighted by Crippen LogP contribution is 2.17. The molecule has 1 aliphatic rings. The third-order valence-corrected chi connectivity index (χ3v) is 3.28. The standard InChI is InChI=1S/C13H19N3O3/c1-16(2)10(11-4-3-7-19-11)8-14-13(18)9-5-6-12(17)15-9/h3-4,7,9-10H,5-6,8H2,1-2H3,(H,14,18)(H,15,17)/t9-,10-/m0/s1. The van der Waals surface area contributed by atoms with Crippen LogP contribution in [0.25, 0.3) is 0 Å². The Hall–Kier alpha value is -1.82. The van der Waals surface area contributed by atoms with Crippen molar-refractivity contribution in [1.29, 1.82) is 0 Å². The van der Waals surface area contributed by atoms with E-state index in [0.717, 1.165) is 5.76 Å². The highest BCUT2D eigenvalue weighted by Gasteiger charge is 2.28. The SMILES string of the molecule is CN(C)[C@@H](CNC(=O)[C@@H]1CCC(=O)N1)c1ccco1. The predicted octanol–water partition coefficient (Wildman–Crippen LogP) is 0.277. The van der Waals surface area contributed by atoms with Gasteiger partial charge in [-0.2, -0.15) is 0 Å². The molecule has 2 rings (SSSR count). The van der Waals surface area contributed by atoms with Crippen LogP contribution in [0.15, 0.2) is 22.8 Å². The molecule has 2 N–H and O–H groups in total. The van der Waals surface area contributed by atoms with Gasteiger partial charge < -0.3 is 15.1 Å². The topological polar surface area (TPSA) is 74.6 Å². The van der Waals surface area contributed by atoms with E-state index in [4.69, 9.17) is 4.42 Å². The van der Waals surface area contributed by atoms with Gasteiger partial charge >= 0.3 is 0 Å². The molecule has 6 heteroatoms. The third kappa shape index (κ3) is 3.35. The molecule has 2 amide bonds. The number of amides is 2. The van der Waals surface area contributed by atoms with Gasteiger partial charge in [-0.1, -0.05) is 0 Å². The maximum absolute atomic E-state index is 11.9. The first kappa shape index (κ1) is 13.6. The van der Waals surface area contributed by atoms with Crippen LogP contribution in [-0.2, 0) is 9.59 Å². The molecule has 6 nitrogen and oxygen atoms in total. The summed E-state index contributed by atoms with van der Waals surface area (Å²) < 4.78 is 5.37. The number of carbonyl (C=O) groups is 2. The second kappa shape index (κ2) is 5.88. The van der Waals surface area contributed by atoms with Crippen molar-refractivity contribution < 1.29 is 14.0 Å². The van der Waals surface area contributed by atoms with Gasteiger partial charge in [0.05, 0.1) is 12.3 Å². The van der Waals surface area contributed by atoms with Crippen LogP contribution in [0.4, 0.5) is 0 Å². The van der Waals surface area contributed by atoms with Crippen LogP contribution >= 0.6 is 0 Å².